The van der Waals surface area contributed by atoms with Gasteiger partial charge in [-0.25, -0.2) is 4.98 Å². The molecule has 0 spiro atoms. The van der Waals surface area contributed by atoms with Gasteiger partial charge in [-0.1, -0.05) is 26.0 Å². The van der Waals surface area contributed by atoms with E-state index in [2.05, 4.69) is 4.98 Å². The van der Waals surface area contributed by atoms with Crippen LogP contribution >= 0.6 is 0 Å². The molecule has 1 aliphatic rings. The van der Waals surface area contributed by atoms with Gasteiger partial charge in [-0.3, -0.25) is 4.79 Å². The number of carbonyl (C=O) groups is 1. The van der Waals surface area contributed by atoms with E-state index in [0.29, 0.717) is 17.5 Å². The van der Waals surface area contributed by atoms with Gasteiger partial charge in [0.15, 0.2) is 6.61 Å². The van der Waals surface area contributed by atoms with Crippen LogP contribution in [0.15, 0.2) is 30.3 Å². The zero-order chi connectivity index (χ0) is 23.1. The molecular weight excluding hydrogens is 390 g/mol. The van der Waals surface area contributed by atoms with E-state index in [9.17, 15) is 4.79 Å². The maximum absolute atomic E-state index is 12.6. The monoisotopic (exact) mass is 425 g/mol. The second kappa shape index (κ2) is 10.9. The smallest absolute Gasteiger partial charge is 0.260 e. The van der Waals surface area contributed by atoms with E-state index in [1.807, 2.05) is 65.0 Å². The quantitative estimate of drug-likeness (QED) is 0.596. The molecule has 1 heterocycles. The Balaban J connectivity index is 0.00000166. The Bertz CT molecular complexity index is 882. The third kappa shape index (κ3) is 6.06. The summed E-state index contributed by atoms with van der Waals surface area (Å²) in [5.74, 6) is 1.45. The van der Waals surface area contributed by atoms with Gasteiger partial charge in [0, 0.05) is 30.3 Å². The van der Waals surface area contributed by atoms with Crippen molar-refractivity contribution in [2.24, 2.45) is 5.92 Å². The van der Waals surface area contributed by atoms with Crippen molar-refractivity contribution in [3.8, 4) is 11.6 Å². The summed E-state index contributed by atoms with van der Waals surface area (Å²) >= 11 is 0. The summed E-state index contributed by atoms with van der Waals surface area (Å²) < 4.78 is 10.9. The molecule has 168 valence electrons. The average Bonchev–Trinajstić information content (AvgIpc) is 3.63. The molecule has 0 bridgehead atoms. The van der Waals surface area contributed by atoms with Crippen LogP contribution in [0.4, 0.5) is 0 Å². The molecule has 31 heavy (non-hydrogen) atoms. The summed E-state index contributed by atoms with van der Waals surface area (Å²) in [6.07, 6.45) is 2.17. The van der Waals surface area contributed by atoms with E-state index in [0.717, 1.165) is 41.0 Å². The number of likely N-dealkylation sites (N-methyl/N-ethyl adjacent to an activating group) is 1. The van der Waals surface area contributed by atoms with E-state index in [1.165, 1.54) is 0 Å². The molecule has 1 aromatic carbocycles. The predicted octanol–water partition coefficient (Wildman–Crippen LogP) is 5.11. The molecule has 6 nitrogen and oxygen atoms in total. The number of methoxy groups -OCH3 is 1. The number of hydrogen-bond acceptors (Lipinski definition) is 5. The first-order valence-electron chi connectivity index (χ1n) is 10.9. The lowest BCUT2D eigenvalue weighted by Gasteiger charge is -2.25. The maximum atomic E-state index is 12.6. The minimum Gasteiger partial charge on any atom is -0.497 e. The molecular formula is C25H35N3O3. The fourth-order valence-electron chi connectivity index (χ4n) is 3.41. The minimum atomic E-state index is -0.125. The molecule has 1 atom stereocenters. The third-order valence-corrected chi connectivity index (χ3v) is 5.55. The van der Waals surface area contributed by atoms with Crippen LogP contribution in [0.1, 0.15) is 62.0 Å². The van der Waals surface area contributed by atoms with Gasteiger partial charge >= 0.3 is 0 Å². The number of nitrogens with one attached hydrogen (secondary N) is 1. The summed E-state index contributed by atoms with van der Waals surface area (Å²) in [4.78, 5) is 18.7. The molecule has 1 aliphatic carbocycles. The lowest BCUT2D eigenvalue weighted by atomic mass is 10.00. The van der Waals surface area contributed by atoms with Gasteiger partial charge < -0.3 is 19.8 Å². The first-order valence-corrected chi connectivity index (χ1v) is 10.9. The van der Waals surface area contributed by atoms with Crippen molar-refractivity contribution in [1.82, 2.24) is 9.88 Å². The summed E-state index contributed by atoms with van der Waals surface area (Å²) in [6.45, 7) is 9.76. The van der Waals surface area contributed by atoms with Crippen molar-refractivity contribution < 1.29 is 14.3 Å². The molecule has 6 heteroatoms. The Hall–Kier alpha value is -2.89. The van der Waals surface area contributed by atoms with E-state index in [4.69, 9.17) is 14.9 Å². The molecule has 0 aliphatic heterocycles. The zero-order valence-electron chi connectivity index (χ0n) is 19.8. The van der Waals surface area contributed by atoms with Gasteiger partial charge in [-0.15, -0.1) is 0 Å². The third-order valence-electron chi connectivity index (χ3n) is 5.55. The Morgan fingerprint density at radius 2 is 1.84 bits per heavy atom. The second-order valence-corrected chi connectivity index (χ2v) is 7.67. The van der Waals surface area contributed by atoms with Gasteiger partial charge in [0.25, 0.3) is 5.91 Å². The van der Waals surface area contributed by atoms with E-state index < -0.39 is 0 Å². The number of aryl methyl sites for hydroxylation is 2. The first kappa shape index (κ1) is 24.4. The van der Waals surface area contributed by atoms with Crippen LogP contribution in [0.25, 0.3) is 0 Å². The zero-order valence-corrected chi connectivity index (χ0v) is 19.8. The highest BCUT2D eigenvalue weighted by Crippen LogP contribution is 2.34. The van der Waals surface area contributed by atoms with E-state index in [1.54, 1.807) is 19.1 Å². The molecule has 2 aromatic rings. The molecule has 1 N–H and O–H groups in total. The van der Waals surface area contributed by atoms with Gasteiger partial charge in [0.2, 0.25) is 5.88 Å². The molecule has 1 saturated carbocycles. The molecule has 0 radical (unpaired) electrons. The van der Waals surface area contributed by atoms with Crippen molar-refractivity contribution >= 4 is 11.6 Å². The van der Waals surface area contributed by atoms with Crippen LogP contribution in [0.2, 0.25) is 0 Å². The second-order valence-electron chi connectivity index (χ2n) is 7.67. The number of benzene rings is 1. The van der Waals surface area contributed by atoms with Crippen LogP contribution in [0.5, 0.6) is 11.6 Å². The van der Waals surface area contributed by atoms with Crippen LogP contribution < -0.4 is 9.47 Å². The number of aromatic nitrogens is 1. The topological polar surface area (TPSA) is 75.5 Å². The molecule has 1 aromatic heterocycles. The highest BCUT2D eigenvalue weighted by atomic mass is 16.5. The number of rotatable bonds is 8. The van der Waals surface area contributed by atoms with Crippen molar-refractivity contribution in [2.75, 3.05) is 20.8 Å². The van der Waals surface area contributed by atoms with Gasteiger partial charge in [-0.05, 0) is 56.9 Å². The number of ether oxygens (including phenoxy) is 2. The number of amides is 1. The van der Waals surface area contributed by atoms with Crippen LogP contribution in [0, 0.1) is 25.2 Å². The number of hydrogen-bond donors (Lipinski definition) is 1. The first-order chi connectivity index (χ1) is 14.8. The van der Waals surface area contributed by atoms with Crippen molar-refractivity contribution in [2.45, 2.75) is 53.5 Å². The summed E-state index contributed by atoms with van der Waals surface area (Å²) in [5.41, 5.74) is 4.36. The predicted molar refractivity (Wildman–Crippen MR) is 124 cm³/mol. The van der Waals surface area contributed by atoms with Gasteiger partial charge in [0.05, 0.1) is 18.8 Å². The Kier molecular flexibility index (Phi) is 8.60. The summed E-state index contributed by atoms with van der Waals surface area (Å²) in [6, 6.07) is 9.41. The fourth-order valence-corrected chi connectivity index (χ4v) is 3.41. The Morgan fingerprint density at radius 3 is 2.35 bits per heavy atom. The minimum absolute atomic E-state index is 0.0811. The van der Waals surface area contributed by atoms with Gasteiger partial charge in [0.1, 0.15) is 5.75 Å². The lowest BCUT2D eigenvalue weighted by molar-refractivity contribution is -0.134. The molecule has 1 amide bonds. The number of carbonyl (C=O) groups excluding carboxylic acids is 1. The molecule has 0 unspecified atom stereocenters. The molecule has 1 fully saturated rings. The van der Waals surface area contributed by atoms with Crippen molar-refractivity contribution in [3.63, 3.8) is 0 Å². The number of nitrogens with zero attached hydrogens (tertiary/aromatic N) is 2. The van der Waals surface area contributed by atoms with Crippen molar-refractivity contribution in [3.05, 3.63) is 52.7 Å². The lowest BCUT2D eigenvalue weighted by Crippen LogP contribution is -2.33. The standard InChI is InChI=1S/C23H29N3O3.C2H6/c1-14-12-20(25-15(2)22(14)23(24)18-6-7-18)29-13-21(27)26(4)16(3)17-8-10-19(28-5)11-9-17;1-2/h8-12,16,18,24H,6-7,13H2,1-5H3;1-2H3/t16-;/m0./s1. The SMILES string of the molecule is CC.COc1ccc([C@H](C)N(C)C(=O)COc2cc(C)c(C(=N)C3CC3)c(C)n2)cc1. The number of pyridine rings is 1. The summed E-state index contributed by atoms with van der Waals surface area (Å²) in [7, 11) is 3.40. The Morgan fingerprint density at radius 1 is 1.23 bits per heavy atom. The normalized spacial score (nSPS) is 13.5. The van der Waals surface area contributed by atoms with Crippen LogP contribution in [-0.2, 0) is 4.79 Å². The highest BCUT2D eigenvalue weighted by molar-refractivity contribution is 6.03. The van der Waals surface area contributed by atoms with E-state index in [-0.39, 0.29) is 18.6 Å². The average molecular weight is 426 g/mol. The van der Waals surface area contributed by atoms with E-state index >= 15 is 0 Å². The summed E-state index contributed by atoms with van der Waals surface area (Å²) in [5, 5.41) is 8.33. The molecule has 3 rings (SSSR count). The molecule has 0 saturated heterocycles. The van der Waals surface area contributed by atoms with Crippen molar-refractivity contribution in [1.29, 1.82) is 5.41 Å². The van der Waals surface area contributed by atoms with Crippen LogP contribution in [0.3, 0.4) is 0 Å². The fraction of sp³-hybridized carbons (Fsp3) is 0.480. The van der Waals surface area contributed by atoms with Crippen LogP contribution in [-0.4, -0.2) is 42.3 Å². The highest BCUT2D eigenvalue weighted by Gasteiger charge is 2.29. The maximum Gasteiger partial charge on any atom is 0.260 e. The Labute approximate surface area is 186 Å². The van der Waals surface area contributed by atoms with Gasteiger partial charge in [-0.2, -0.15) is 0 Å². The largest absolute Gasteiger partial charge is 0.497 e.